The van der Waals surface area contributed by atoms with Crippen LogP contribution in [0.4, 0.5) is 0 Å². The van der Waals surface area contributed by atoms with Gasteiger partial charge in [0.1, 0.15) is 0 Å². The lowest BCUT2D eigenvalue weighted by molar-refractivity contribution is -0.120. The van der Waals surface area contributed by atoms with Crippen LogP contribution in [0, 0.1) is 6.92 Å². The van der Waals surface area contributed by atoms with E-state index in [2.05, 4.69) is 10.3 Å². The molecule has 0 saturated heterocycles. The molecule has 0 bridgehead atoms. The molecule has 0 fully saturated rings. The molecule has 70 valence electrons. The summed E-state index contributed by atoms with van der Waals surface area (Å²) in [6.07, 6.45) is 4.09. The molecule has 0 radical (unpaired) electrons. The second kappa shape index (κ2) is 4.60. The first kappa shape index (κ1) is 9.71. The topological polar surface area (TPSA) is 42.0 Å². The standard InChI is InChI=1S/C10H14N2O/c1-3-10(13)12-7-9-4-8(2)5-11-6-9/h4-6H,3,7H2,1-2H3,(H,12,13). The van der Waals surface area contributed by atoms with Gasteiger partial charge in [-0.2, -0.15) is 0 Å². The lowest BCUT2D eigenvalue weighted by Gasteiger charge is -2.03. The molecule has 0 aliphatic rings. The Morgan fingerprint density at radius 3 is 2.92 bits per heavy atom. The van der Waals surface area contributed by atoms with E-state index in [1.807, 2.05) is 19.9 Å². The highest BCUT2D eigenvalue weighted by molar-refractivity contribution is 5.75. The molecule has 0 unspecified atom stereocenters. The molecule has 1 aromatic heterocycles. The van der Waals surface area contributed by atoms with E-state index in [1.165, 1.54) is 0 Å². The van der Waals surface area contributed by atoms with Gasteiger partial charge in [-0.15, -0.1) is 0 Å². The highest BCUT2D eigenvalue weighted by Gasteiger charge is 1.97. The Labute approximate surface area is 78.2 Å². The van der Waals surface area contributed by atoms with E-state index < -0.39 is 0 Å². The molecule has 0 spiro atoms. The number of aromatic nitrogens is 1. The van der Waals surface area contributed by atoms with Gasteiger partial charge in [0.05, 0.1) is 0 Å². The van der Waals surface area contributed by atoms with E-state index in [-0.39, 0.29) is 5.91 Å². The van der Waals surface area contributed by atoms with Crippen LogP contribution in [0.1, 0.15) is 24.5 Å². The van der Waals surface area contributed by atoms with E-state index >= 15 is 0 Å². The van der Waals surface area contributed by atoms with Crippen molar-refractivity contribution < 1.29 is 4.79 Å². The van der Waals surface area contributed by atoms with Gasteiger partial charge in [-0.25, -0.2) is 0 Å². The fourth-order valence-electron chi connectivity index (χ4n) is 1.04. The number of nitrogens with one attached hydrogen (secondary N) is 1. The molecule has 1 aromatic rings. The fraction of sp³-hybridized carbons (Fsp3) is 0.400. The summed E-state index contributed by atoms with van der Waals surface area (Å²) in [5.74, 6) is 0.0708. The monoisotopic (exact) mass is 178 g/mol. The van der Waals surface area contributed by atoms with Gasteiger partial charge in [0.15, 0.2) is 0 Å². The number of nitrogens with zero attached hydrogens (tertiary/aromatic N) is 1. The second-order valence-electron chi connectivity index (χ2n) is 3.00. The van der Waals surface area contributed by atoms with Gasteiger partial charge in [-0.3, -0.25) is 9.78 Å². The lowest BCUT2D eigenvalue weighted by atomic mass is 10.2. The van der Waals surface area contributed by atoms with Crippen LogP contribution in [0.5, 0.6) is 0 Å². The molecule has 0 aliphatic heterocycles. The molecular formula is C10H14N2O. The van der Waals surface area contributed by atoms with Gasteiger partial charge in [0, 0.05) is 25.4 Å². The summed E-state index contributed by atoms with van der Waals surface area (Å²) in [6, 6.07) is 2.02. The summed E-state index contributed by atoms with van der Waals surface area (Å²) in [7, 11) is 0. The fourth-order valence-corrected chi connectivity index (χ4v) is 1.04. The van der Waals surface area contributed by atoms with E-state index in [0.717, 1.165) is 11.1 Å². The highest BCUT2D eigenvalue weighted by atomic mass is 16.1. The zero-order valence-electron chi connectivity index (χ0n) is 8.00. The van der Waals surface area contributed by atoms with Crippen molar-refractivity contribution in [2.45, 2.75) is 26.8 Å². The number of hydrogen-bond acceptors (Lipinski definition) is 2. The summed E-state index contributed by atoms with van der Waals surface area (Å²) in [5.41, 5.74) is 2.16. The number of amides is 1. The van der Waals surface area contributed by atoms with E-state index in [4.69, 9.17) is 0 Å². The second-order valence-corrected chi connectivity index (χ2v) is 3.00. The molecule has 1 amide bonds. The van der Waals surface area contributed by atoms with Crippen molar-refractivity contribution in [3.8, 4) is 0 Å². The summed E-state index contributed by atoms with van der Waals surface area (Å²) < 4.78 is 0. The highest BCUT2D eigenvalue weighted by Crippen LogP contribution is 2.00. The van der Waals surface area contributed by atoms with E-state index in [0.29, 0.717) is 13.0 Å². The van der Waals surface area contributed by atoms with Crippen LogP contribution in [-0.4, -0.2) is 10.9 Å². The molecular weight excluding hydrogens is 164 g/mol. The van der Waals surface area contributed by atoms with Gasteiger partial charge in [0.25, 0.3) is 0 Å². The summed E-state index contributed by atoms with van der Waals surface area (Å²) in [4.78, 5) is 15.0. The predicted molar refractivity (Wildman–Crippen MR) is 51.1 cm³/mol. The molecule has 0 saturated carbocycles. The molecule has 0 aliphatic carbocycles. The molecule has 3 nitrogen and oxygen atoms in total. The number of aryl methyl sites for hydroxylation is 1. The van der Waals surface area contributed by atoms with Crippen LogP contribution in [-0.2, 0) is 11.3 Å². The molecule has 13 heavy (non-hydrogen) atoms. The van der Waals surface area contributed by atoms with Crippen molar-refractivity contribution in [3.05, 3.63) is 29.6 Å². The Morgan fingerprint density at radius 2 is 2.31 bits per heavy atom. The largest absolute Gasteiger partial charge is 0.352 e. The van der Waals surface area contributed by atoms with Crippen molar-refractivity contribution in [3.63, 3.8) is 0 Å². The normalized spacial score (nSPS) is 9.69. The van der Waals surface area contributed by atoms with Crippen LogP contribution in [0.15, 0.2) is 18.5 Å². The van der Waals surface area contributed by atoms with Gasteiger partial charge < -0.3 is 5.32 Å². The van der Waals surface area contributed by atoms with Crippen molar-refractivity contribution in [2.75, 3.05) is 0 Å². The minimum Gasteiger partial charge on any atom is -0.352 e. The molecule has 1 heterocycles. The van der Waals surface area contributed by atoms with Crippen LogP contribution in [0.2, 0.25) is 0 Å². The van der Waals surface area contributed by atoms with Gasteiger partial charge >= 0.3 is 0 Å². The lowest BCUT2D eigenvalue weighted by Crippen LogP contribution is -2.21. The zero-order valence-corrected chi connectivity index (χ0v) is 8.00. The van der Waals surface area contributed by atoms with Crippen LogP contribution in [0.25, 0.3) is 0 Å². The SMILES string of the molecule is CCC(=O)NCc1cncc(C)c1. The molecule has 0 atom stereocenters. The summed E-state index contributed by atoms with van der Waals surface area (Å²) in [6.45, 7) is 4.39. The Kier molecular flexibility index (Phi) is 3.43. The summed E-state index contributed by atoms with van der Waals surface area (Å²) >= 11 is 0. The van der Waals surface area contributed by atoms with Gasteiger partial charge in [-0.05, 0) is 18.1 Å². The first-order chi connectivity index (χ1) is 6.22. The number of rotatable bonds is 3. The quantitative estimate of drug-likeness (QED) is 0.760. The number of carbonyl (C=O) groups excluding carboxylic acids is 1. The molecule has 0 aromatic carbocycles. The van der Waals surface area contributed by atoms with Gasteiger partial charge in [-0.1, -0.05) is 13.0 Å². The van der Waals surface area contributed by atoms with Crippen LogP contribution in [0.3, 0.4) is 0 Å². The molecule has 1 rings (SSSR count). The van der Waals surface area contributed by atoms with E-state index in [9.17, 15) is 4.79 Å². The minimum absolute atomic E-state index is 0.0708. The summed E-state index contributed by atoms with van der Waals surface area (Å²) in [5, 5.41) is 2.80. The number of carbonyl (C=O) groups is 1. The number of pyridine rings is 1. The van der Waals surface area contributed by atoms with Crippen molar-refractivity contribution in [2.24, 2.45) is 0 Å². The average Bonchev–Trinajstić information content (AvgIpc) is 2.14. The minimum atomic E-state index is 0.0708. The van der Waals surface area contributed by atoms with Crippen molar-refractivity contribution in [1.82, 2.24) is 10.3 Å². The average molecular weight is 178 g/mol. The predicted octanol–water partition coefficient (Wildman–Crippen LogP) is 1.42. The van der Waals surface area contributed by atoms with Crippen LogP contribution < -0.4 is 5.32 Å². The smallest absolute Gasteiger partial charge is 0.219 e. The first-order valence-electron chi connectivity index (χ1n) is 4.39. The molecule has 3 heteroatoms. The van der Waals surface area contributed by atoms with Crippen LogP contribution >= 0.6 is 0 Å². The maximum absolute atomic E-state index is 10.9. The zero-order chi connectivity index (χ0) is 9.68. The molecule has 1 N–H and O–H groups in total. The third-order valence-corrected chi connectivity index (χ3v) is 1.74. The van der Waals surface area contributed by atoms with Crippen molar-refractivity contribution in [1.29, 1.82) is 0 Å². The Morgan fingerprint density at radius 1 is 1.54 bits per heavy atom. The third-order valence-electron chi connectivity index (χ3n) is 1.74. The van der Waals surface area contributed by atoms with Crippen molar-refractivity contribution >= 4 is 5.91 Å². The van der Waals surface area contributed by atoms with E-state index in [1.54, 1.807) is 12.4 Å². The Balaban J connectivity index is 2.50. The first-order valence-corrected chi connectivity index (χ1v) is 4.39. The van der Waals surface area contributed by atoms with Gasteiger partial charge in [0.2, 0.25) is 5.91 Å². The third kappa shape index (κ3) is 3.23. The maximum atomic E-state index is 10.9. The maximum Gasteiger partial charge on any atom is 0.219 e. The Hall–Kier alpha value is -1.38. The number of hydrogen-bond donors (Lipinski definition) is 1. The Bertz CT molecular complexity index is 297.